The van der Waals surface area contributed by atoms with Crippen LogP contribution in [0.4, 0.5) is 10.8 Å². The first-order valence-corrected chi connectivity index (χ1v) is 10.6. The minimum Gasteiger partial charge on any atom is -0.330 e. The molecule has 0 fully saturated rings. The molecule has 0 saturated heterocycles. The molecule has 0 aliphatic heterocycles. The predicted molar refractivity (Wildman–Crippen MR) is 114 cm³/mol. The van der Waals surface area contributed by atoms with Crippen molar-refractivity contribution in [3.63, 3.8) is 0 Å². The van der Waals surface area contributed by atoms with Gasteiger partial charge in [0.25, 0.3) is 5.56 Å². The number of benzene rings is 2. The molecule has 1 atom stereocenters. The first kappa shape index (κ1) is 18.1. The van der Waals surface area contributed by atoms with E-state index in [0.717, 1.165) is 14.5 Å². The Morgan fingerprint density at radius 3 is 2.89 bits per heavy atom. The van der Waals surface area contributed by atoms with Gasteiger partial charge in [0, 0.05) is 10.2 Å². The summed E-state index contributed by atoms with van der Waals surface area (Å²) in [6.07, 6.45) is 0. The lowest BCUT2D eigenvalue weighted by Crippen LogP contribution is -2.12. The highest BCUT2D eigenvalue weighted by Crippen LogP contribution is 2.36. The van der Waals surface area contributed by atoms with E-state index in [4.69, 9.17) is 0 Å². The van der Waals surface area contributed by atoms with Gasteiger partial charge in [0.15, 0.2) is 4.34 Å². The van der Waals surface area contributed by atoms with Gasteiger partial charge in [0.2, 0.25) is 5.13 Å². The van der Waals surface area contributed by atoms with Gasteiger partial charge in [-0.05, 0) is 37.3 Å². The summed E-state index contributed by atoms with van der Waals surface area (Å²) in [6, 6.07) is 15.2. The molecule has 2 aromatic carbocycles. The van der Waals surface area contributed by atoms with Gasteiger partial charge in [-0.15, -0.1) is 10.2 Å². The summed E-state index contributed by atoms with van der Waals surface area (Å²) in [5, 5.41) is 12.9. The Labute approximate surface area is 171 Å². The first-order chi connectivity index (χ1) is 13.1. The zero-order valence-electron chi connectivity index (χ0n) is 14.1. The van der Waals surface area contributed by atoms with Gasteiger partial charge in [-0.25, -0.2) is 4.98 Å². The third-order valence-electron chi connectivity index (χ3n) is 3.78. The average Bonchev–Trinajstić information content (AvgIpc) is 3.08. The van der Waals surface area contributed by atoms with Crippen LogP contribution in [0.2, 0.25) is 0 Å². The molecule has 0 aliphatic rings. The van der Waals surface area contributed by atoms with Crippen molar-refractivity contribution in [2.75, 3.05) is 5.32 Å². The van der Waals surface area contributed by atoms with Gasteiger partial charge in [-0.1, -0.05) is 57.2 Å². The monoisotopic (exact) mass is 459 g/mol. The molecule has 27 heavy (non-hydrogen) atoms. The lowest BCUT2D eigenvalue weighted by molar-refractivity contribution is 0.916. The van der Waals surface area contributed by atoms with Gasteiger partial charge >= 0.3 is 0 Å². The van der Waals surface area contributed by atoms with Crippen LogP contribution < -0.4 is 10.9 Å². The Kier molecular flexibility index (Phi) is 5.24. The maximum absolute atomic E-state index is 12.2. The topological polar surface area (TPSA) is 83.6 Å². The highest BCUT2D eigenvalue weighted by Gasteiger charge is 2.15. The molecule has 6 nitrogen and oxygen atoms in total. The van der Waals surface area contributed by atoms with Crippen molar-refractivity contribution in [2.45, 2.75) is 16.5 Å². The molecule has 4 aromatic rings. The van der Waals surface area contributed by atoms with Crippen molar-refractivity contribution >= 4 is 60.8 Å². The van der Waals surface area contributed by atoms with Crippen LogP contribution in [-0.4, -0.2) is 20.2 Å². The summed E-state index contributed by atoms with van der Waals surface area (Å²) < 4.78 is 1.79. The van der Waals surface area contributed by atoms with Crippen molar-refractivity contribution < 1.29 is 0 Å². The van der Waals surface area contributed by atoms with Gasteiger partial charge in [0.05, 0.1) is 16.2 Å². The maximum Gasteiger partial charge on any atom is 0.258 e. The van der Waals surface area contributed by atoms with Crippen molar-refractivity contribution in [3.05, 3.63) is 69.2 Å². The third kappa shape index (κ3) is 4.20. The minimum atomic E-state index is -0.127. The number of aromatic amines is 1. The van der Waals surface area contributed by atoms with Gasteiger partial charge < -0.3 is 10.3 Å². The normalized spacial score (nSPS) is 12.2. The predicted octanol–water partition coefficient (Wildman–Crippen LogP) is 5.13. The Bertz CT molecular complexity index is 1160. The molecule has 9 heteroatoms. The lowest BCUT2D eigenvalue weighted by atomic mass is 10.2. The van der Waals surface area contributed by atoms with E-state index in [1.807, 2.05) is 49.4 Å². The van der Waals surface area contributed by atoms with E-state index in [1.165, 1.54) is 23.1 Å². The number of halogens is 1. The molecule has 0 saturated carbocycles. The molecule has 2 aromatic heterocycles. The van der Waals surface area contributed by atoms with Gasteiger partial charge in [-0.3, -0.25) is 4.79 Å². The Balaban J connectivity index is 1.51. The highest BCUT2D eigenvalue weighted by atomic mass is 79.9. The number of anilines is 2. The molecule has 0 spiro atoms. The lowest BCUT2D eigenvalue weighted by Gasteiger charge is -2.08. The fourth-order valence-corrected chi connectivity index (χ4v) is 4.87. The van der Waals surface area contributed by atoms with Crippen molar-refractivity contribution in [2.24, 2.45) is 0 Å². The standard InChI is InChI=1S/C18H14BrN5OS2/c1-10(15-21-14-8-3-2-7-13(14)16(25)22-15)26-18-24-23-17(27-18)20-12-6-4-5-11(19)9-12/h2-10H,1H3,(H,20,23)(H,21,22,25). The van der Waals surface area contributed by atoms with Crippen LogP contribution in [0.5, 0.6) is 0 Å². The largest absolute Gasteiger partial charge is 0.330 e. The van der Waals surface area contributed by atoms with E-state index in [2.05, 4.69) is 41.4 Å². The van der Waals surface area contributed by atoms with Crippen molar-refractivity contribution in [1.82, 2.24) is 20.2 Å². The second kappa shape index (κ2) is 7.79. The van der Waals surface area contributed by atoms with Crippen molar-refractivity contribution in [1.29, 1.82) is 0 Å². The molecule has 0 aliphatic carbocycles. The molecule has 2 N–H and O–H groups in total. The van der Waals surface area contributed by atoms with Crippen LogP contribution in [0.25, 0.3) is 10.9 Å². The number of thioether (sulfide) groups is 1. The van der Waals surface area contributed by atoms with Crippen LogP contribution in [0, 0.1) is 0 Å². The van der Waals surface area contributed by atoms with E-state index < -0.39 is 0 Å². The summed E-state index contributed by atoms with van der Waals surface area (Å²) in [7, 11) is 0. The van der Waals surface area contributed by atoms with E-state index in [0.29, 0.717) is 21.9 Å². The van der Waals surface area contributed by atoms with Crippen molar-refractivity contribution in [3.8, 4) is 0 Å². The highest BCUT2D eigenvalue weighted by molar-refractivity contribution is 9.10. The molecule has 2 heterocycles. The number of hydrogen-bond acceptors (Lipinski definition) is 7. The zero-order valence-corrected chi connectivity index (χ0v) is 17.4. The summed E-state index contributed by atoms with van der Waals surface area (Å²) in [5.41, 5.74) is 1.50. The molecule has 4 rings (SSSR count). The number of hydrogen-bond donors (Lipinski definition) is 2. The number of rotatable bonds is 5. The Hall–Kier alpha value is -2.23. The number of aromatic nitrogens is 4. The molecule has 0 bridgehead atoms. The minimum absolute atomic E-state index is 0.0611. The van der Waals surface area contributed by atoms with E-state index in [9.17, 15) is 4.79 Å². The molecule has 0 amide bonds. The number of nitrogens with zero attached hydrogens (tertiary/aromatic N) is 3. The maximum atomic E-state index is 12.2. The molecule has 136 valence electrons. The van der Waals surface area contributed by atoms with Crippen LogP contribution in [0.3, 0.4) is 0 Å². The summed E-state index contributed by atoms with van der Waals surface area (Å²) in [4.78, 5) is 19.7. The number of nitrogens with one attached hydrogen (secondary N) is 2. The number of fused-ring (bicyclic) bond motifs is 1. The molecule has 0 radical (unpaired) electrons. The van der Waals surface area contributed by atoms with Crippen LogP contribution in [0.15, 0.2) is 62.1 Å². The fraction of sp³-hybridized carbons (Fsp3) is 0.111. The molecule has 1 unspecified atom stereocenters. The van der Waals surface area contributed by atoms with E-state index >= 15 is 0 Å². The Morgan fingerprint density at radius 1 is 1.19 bits per heavy atom. The Morgan fingerprint density at radius 2 is 2.04 bits per heavy atom. The van der Waals surface area contributed by atoms with Gasteiger partial charge in [0.1, 0.15) is 5.82 Å². The van der Waals surface area contributed by atoms with Crippen LogP contribution in [0.1, 0.15) is 18.0 Å². The molecular formula is C18H14BrN5OS2. The van der Waals surface area contributed by atoms with E-state index in [1.54, 1.807) is 6.07 Å². The van der Waals surface area contributed by atoms with E-state index in [-0.39, 0.29) is 10.8 Å². The average molecular weight is 460 g/mol. The second-order valence-electron chi connectivity index (χ2n) is 5.74. The summed E-state index contributed by atoms with van der Waals surface area (Å²) >= 11 is 6.42. The summed E-state index contributed by atoms with van der Waals surface area (Å²) in [6.45, 7) is 1.99. The second-order valence-corrected chi connectivity index (χ2v) is 9.22. The SMILES string of the molecule is CC(Sc1nnc(Nc2cccc(Br)c2)s1)c1nc2ccccc2c(=O)[nH]1. The van der Waals surface area contributed by atoms with Crippen LogP contribution in [-0.2, 0) is 0 Å². The fourth-order valence-electron chi connectivity index (χ4n) is 2.50. The zero-order chi connectivity index (χ0) is 18.8. The van der Waals surface area contributed by atoms with Gasteiger partial charge in [-0.2, -0.15) is 0 Å². The quantitative estimate of drug-likeness (QED) is 0.402. The summed E-state index contributed by atoms with van der Waals surface area (Å²) in [5.74, 6) is 0.625. The first-order valence-electron chi connectivity index (χ1n) is 8.10. The number of H-pyrrole nitrogens is 1. The molecular weight excluding hydrogens is 446 g/mol. The van der Waals surface area contributed by atoms with Crippen LogP contribution >= 0.6 is 39.0 Å². The number of para-hydroxylation sites is 1. The third-order valence-corrected chi connectivity index (χ3v) is 6.30. The smallest absolute Gasteiger partial charge is 0.258 e.